The first-order chi connectivity index (χ1) is 21.3. The molecule has 1 aliphatic heterocycles. The Labute approximate surface area is 265 Å². The first kappa shape index (κ1) is 31.9. The van der Waals surface area contributed by atoms with E-state index in [1.165, 1.54) is 16.1 Å². The summed E-state index contributed by atoms with van der Waals surface area (Å²) < 4.78 is 28.7. The number of hydrogen-bond donors (Lipinski definition) is 2. The molecule has 44 heavy (non-hydrogen) atoms. The van der Waals surface area contributed by atoms with Crippen LogP contribution in [0.1, 0.15) is 36.1 Å². The van der Waals surface area contributed by atoms with Gasteiger partial charge in [-0.3, -0.25) is 4.79 Å². The number of nitrogens with zero attached hydrogens (tertiary/aromatic N) is 2. The van der Waals surface area contributed by atoms with E-state index < -0.39 is 21.5 Å². The molecule has 4 aromatic carbocycles. The molecule has 3 unspecified atom stereocenters. The molecule has 3 atom stereocenters. The van der Waals surface area contributed by atoms with Crippen molar-refractivity contribution in [3.8, 4) is 11.1 Å². The number of benzene rings is 4. The van der Waals surface area contributed by atoms with Crippen LogP contribution >= 0.6 is 11.8 Å². The zero-order valence-electron chi connectivity index (χ0n) is 24.8. The van der Waals surface area contributed by atoms with E-state index in [4.69, 9.17) is 0 Å². The molecule has 5 rings (SSSR count). The molecule has 0 aromatic heterocycles. The molecule has 9 heteroatoms. The lowest BCUT2D eigenvalue weighted by molar-refractivity contribution is -0.123. The molecule has 4 aromatic rings. The van der Waals surface area contributed by atoms with Gasteiger partial charge in [-0.1, -0.05) is 103 Å². The van der Waals surface area contributed by atoms with Crippen LogP contribution in [0.2, 0.25) is 0 Å². The van der Waals surface area contributed by atoms with Gasteiger partial charge in [0.1, 0.15) is 5.37 Å². The third kappa shape index (κ3) is 7.97. The number of hydrogen-bond acceptors (Lipinski definition) is 6. The first-order valence-electron chi connectivity index (χ1n) is 14.9. The fourth-order valence-corrected chi connectivity index (χ4v) is 8.47. The maximum absolute atomic E-state index is 13.7. The van der Waals surface area contributed by atoms with E-state index >= 15 is 0 Å². The van der Waals surface area contributed by atoms with E-state index in [2.05, 4.69) is 10.2 Å². The highest BCUT2D eigenvalue weighted by Crippen LogP contribution is 2.32. The third-order valence-electron chi connectivity index (χ3n) is 7.93. The van der Waals surface area contributed by atoms with Crippen LogP contribution in [0.5, 0.6) is 0 Å². The monoisotopic (exact) mass is 629 g/mol. The van der Waals surface area contributed by atoms with Crippen molar-refractivity contribution < 1.29 is 18.3 Å². The number of carbonyl (C=O) groups excluding carboxylic acids is 1. The number of aliphatic hydroxyl groups is 1. The fourth-order valence-electron chi connectivity index (χ4n) is 5.39. The van der Waals surface area contributed by atoms with Gasteiger partial charge in [0.25, 0.3) is 0 Å². The second kappa shape index (κ2) is 15.0. The molecular weight excluding hydrogens is 591 g/mol. The fraction of sp³-hybridized carbons (Fsp3) is 0.286. The molecule has 0 saturated carbocycles. The van der Waals surface area contributed by atoms with Crippen LogP contribution in [0.3, 0.4) is 0 Å². The van der Waals surface area contributed by atoms with Crippen LogP contribution in [-0.2, 0) is 14.8 Å². The molecule has 2 N–H and O–H groups in total. The minimum Gasteiger partial charge on any atom is -0.388 e. The van der Waals surface area contributed by atoms with Crippen LogP contribution < -0.4 is 5.32 Å². The average Bonchev–Trinajstić information content (AvgIpc) is 3.58. The summed E-state index contributed by atoms with van der Waals surface area (Å²) in [6.45, 7) is 1.65. The Hall–Kier alpha value is -3.47. The number of sulfonamides is 1. The molecule has 0 radical (unpaired) electrons. The molecule has 1 heterocycles. The van der Waals surface area contributed by atoms with E-state index in [9.17, 15) is 18.3 Å². The number of carbonyl (C=O) groups is 1. The lowest BCUT2D eigenvalue weighted by atomic mass is 10.0. The van der Waals surface area contributed by atoms with Crippen molar-refractivity contribution in [2.45, 2.75) is 35.3 Å². The molecule has 230 valence electrons. The number of nitrogens with one attached hydrogen (secondary N) is 1. The third-order valence-corrected chi connectivity index (χ3v) is 11.1. The van der Waals surface area contributed by atoms with E-state index in [1.54, 1.807) is 24.3 Å². The summed E-state index contributed by atoms with van der Waals surface area (Å²) >= 11 is 1.35. The second-order valence-corrected chi connectivity index (χ2v) is 14.1. The maximum atomic E-state index is 13.7. The normalized spacial score (nSPS) is 16.9. The van der Waals surface area contributed by atoms with Crippen molar-refractivity contribution >= 4 is 27.7 Å². The van der Waals surface area contributed by atoms with Crippen LogP contribution in [-0.4, -0.2) is 66.4 Å². The predicted octanol–water partition coefficient (Wildman–Crippen LogP) is 5.72. The van der Waals surface area contributed by atoms with Crippen molar-refractivity contribution in [2.75, 3.05) is 32.4 Å². The molecule has 0 bridgehead atoms. The minimum absolute atomic E-state index is 0.177. The predicted molar refractivity (Wildman–Crippen MR) is 177 cm³/mol. The van der Waals surface area contributed by atoms with Crippen molar-refractivity contribution in [3.05, 3.63) is 126 Å². The lowest BCUT2D eigenvalue weighted by Gasteiger charge is -2.27. The van der Waals surface area contributed by atoms with Gasteiger partial charge in [0.2, 0.25) is 15.9 Å². The van der Waals surface area contributed by atoms with Gasteiger partial charge < -0.3 is 15.3 Å². The molecule has 1 saturated heterocycles. The quantitative estimate of drug-likeness (QED) is 0.197. The van der Waals surface area contributed by atoms with Gasteiger partial charge in [0.15, 0.2) is 0 Å². The molecule has 1 amide bonds. The van der Waals surface area contributed by atoms with Crippen molar-refractivity contribution in [1.82, 2.24) is 14.5 Å². The Kier molecular flexibility index (Phi) is 10.9. The zero-order chi connectivity index (χ0) is 30.9. The van der Waals surface area contributed by atoms with Gasteiger partial charge in [-0.25, -0.2) is 8.42 Å². The van der Waals surface area contributed by atoms with Crippen LogP contribution in [0.25, 0.3) is 11.1 Å². The highest BCUT2D eigenvalue weighted by atomic mass is 32.2. The van der Waals surface area contributed by atoms with E-state index in [1.807, 2.05) is 98.0 Å². The van der Waals surface area contributed by atoms with E-state index in [-0.39, 0.29) is 23.4 Å². The molecule has 0 aliphatic carbocycles. The minimum atomic E-state index is -3.88. The largest absolute Gasteiger partial charge is 0.388 e. The summed E-state index contributed by atoms with van der Waals surface area (Å²) in [5.41, 5.74) is 3.80. The summed E-state index contributed by atoms with van der Waals surface area (Å²) in [5, 5.41) is 12.9. The standard InChI is InChI=1S/C35H39N3O4S2/c1-37(24-22-33(39)30-15-9-4-10-16-30)23-21-32(29-13-7-3-8-14-29)36-34(40)35-38(25-26-43-35)44(41,42)31-19-17-28(18-20-31)27-11-5-2-6-12-27/h2-20,32-33,35,39H,21-26H2,1H3,(H,36,40). The van der Waals surface area contributed by atoms with Gasteiger partial charge in [0, 0.05) is 25.4 Å². The van der Waals surface area contributed by atoms with Crippen molar-refractivity contribution in [2.24, 2.45) is 0 Å². The van der Waals surface area contributed by atoms with Crippen molar-refractivity contribution in [3.63, 3.8) is 0 Å². The van der Waals surface area contributed by atoms with Crippen LogP contribution in [0.4, 0.5) is 0 Å². The molecule has 0 spiro atoms. The molecule has 7 nitrogen and oxygen atoms in total. The number of amides is 1. The molecule has 1 fully saturated rings. The first-order valence-corrected chi connectivity index (χ1v) is 17.4. The van der Waals surface area contributed by atoms with Gasteiger partial charge in [0.05, 0.1) is 17.0 Å². The summed E-state index contributed by atoms with van der Waals surface area (Å²) in [6.07, 6.45) is 0.699. The second-order valence-electron chi connectivity index (χ2n) is 11.0. The number of thioether (sulfide) groups is 1. The number of rotatable bonds is 13. The number of aliphatic hydroxyl groups excluding tert-OH is 1. The summed E-state index contributed by atoms with van der Waals surface area (Å²) in [5.74, 6) is 0.231. The molecule has 1 aliphatic rings. The SMILES string of the molecule is CN(CCC(O)c1ccccc1)CCC(NC(=O)C1SCCN1S(=O)(=O)c1ccc(-c2ccccc2)cc1)c1ccccc1. The van der Waals surface area contributed by atoms with Gasteiger partial charge in [-0.15, -0.1) is 11.8 Å². The van der Waals surface area contributed by atoms with Gasteiger partial charge in [-0.2, -0.15) is 4.31 Å². The Morgan fingerprint density at radius 1 is 0.841 bits per heavy atom. The van der Waals surface area contributed by atoms with E-state index in [0.29, 0.717) is 31.7 Å². The smallest absolute Gasteiger partial charge is 0.249 e. The summed E-state index contributed by atoms with van der Waals surface area (Å²) in [4.78, 5) is 16.0. The lowest BCUT2D eigenvalue weighted by Crippen LogP contribution is -2.46. The highest BCUT2D eigenvalue weighted by molar-refractivity contribution is 8.02. The molecular formula is C35H39N3O4S2. The van der Waals surface area contributed by atoms with E-state index in [0.717, 1.165) is 22.3 Å². The summed E-state index contributed by atoms with van der Waals surface area (Å²) in [6, 6.07) is 35.8. The van der Waals surface area contributed by atoms with Crippen molar-refractivity contribution in [1.29, 1.82) is 0 Å². The highest BCUT2D eigenvalue weighted by Gasteiger charge is 2.40. The Morgan fingerprint density at radius 2 is 1.39 bits per heavy atom. The topological polar surface area (TPSA) is 89.9 Å². The maximum Gasteiger partial charge on any atom is 0.249 e. The Morgan fingerprint density at radius 3 is 2.02 bits per heavy atom. The average molecular weight is 630 g/mol. The zero-order valence-corrected chi connectivity index (χ0v) is 26.5. The van der Waals surface area contributed by atoms with Gasteiger partial charge in [-0.05, 0) is 54.3 Å². The van der Waals surface area contributed by atoms with Crippen LogP contribution in [0.15, 0.2) is 120 Å². The summed E-state index contributed by atoms with van der Waals surface area (Å²) in [7, 11) is -1.87. The van der Waals surface area contributed by atoms with Gasteiger partial charge >= 0.3 is 0 Å². The Balaban J connectivity index is 1.23. The van der Waals surface area contributed by atoms with Crippen LogP contribution in [0, 0.1) is 0 Å². The Bertz CT molecular complexity index is 1590.